The van der Waals surface area contributed by atoms with Gasteiger partial charge in [0.2, 0.25) is 0 Å². The number of nitrogens with zero attached hydrogens (tertiary/aromatic N) is 1. The summed E-state index contributed by atoms with van der Waals surface area (Å²) in [5.74, 6) is 0.399. The highest BCUT2D eigenvalue weighted by Crippen LogP contribution is 2.09. The van der Waals surface area contributed by atoms with Crippen LogP contribution in [-0.4, -0.2) is 30.3 Å². The van der Waals surface area contributed by atoms with Gasteiger partial charge >= 0.3 is 12.1 Å². The molecule has 1 rings (SSSR count). The molecule has 0 fully saturated rings. The summed E-state index contributed by atoms with van der Waals surface area (Å²) in [7, 11) is 1.34. The number of hydrogen-bond donors (Lipinski definition) is 1. The molecule has 1 N–H and O–H groups in total. The van der Waals surface area contributed by atoms with Crippen molar-refractivity contribution in [1.29, 1.82) is 0 Å². The van der Waals surface area contributed by atoms with Crippen LogP contribution in [0.2, 0.25) is 0 Å². The molecular formula is C10H12N2O3S. The maximum Gasteiger partial charge on any atom is 0.423 e. The van der Waals surface area contributed by atoms with Gasteiger partial charge in [-0.3, -0.25) is 4.72 Å². The van der Waals surface area contributed by atoms with Crippen LogP contribution in [0.5, 0.6) is 5.75 Å². The van der Waals surface area contributed by atoms with Gasteiger partial charge in [0.05, 0.1) is 0 Å². The molecule has 1 aromatic rings. The van der Waals surface area contributed by atoms with Gasteiger partial charge in [-0.2, -0.15) is 0 Å². The largest absolute Gasteiger partial charge is 0.423 e. The van der Waals surface area contributed by atoms with Crippen molar-refractivity contribution in [3.05, 3.63) is 30.3 Å². The maximum absolute atomic E-state index is 11.5. The molecule has 1 aromatic carbocycles. The molecule has 0 saturated heterocycles. The molecule has 0 aliphatic rings. The minimum absolute atomic E-state index is 0.399. The molecule has 0 spiro atoms. The third-order valence-corrected chi connectivity index (χ3v) is 2.09. The Hall–Kier alpha value is -1.69. The molecule has 86 valence electrons. The Kier molecular flexibility index (Phi) is 4.65. The van der Waals surface area contributed by atoms with Gasteiger partial charge in [0, 0.05) is 13.3 Å². The van der Waals surface area contributed by atoms with E-state index in [-0.39, 0.29) is 0 Å². The molecule has 6 heteroatoms. The van der Waals surface area contributed by atoms with Crippen molar-refractivity contribution in [3.63, 3.8) is 0 Å². The summed E-state index contributed by atoms with van der Waals surface area (Å²) >= 11 is 1.11. The van der Waals surface area contributed by atoms with E-state index in [1.807, 2.05) is 6.07 Å². The van der Waals surface area contributed by atoms with Gasteiger partial charge in [-0.25, -0.2) is 14.5 Å². The van der Waals surface area contributed by atoms with Crippen molar-refractivity contribution >= 4 is 24.1 Å². The Labute approximate surface area is 97.9 Å². The van der Waals surface area contributed by atoms with E-state index in [9.17, 15) is 9.59 Å². The summed E-state index contributed by atoms with van der Waals surface area (Å²) in [6, 6.07) is 8.04. The summed E-state index contributed by atoms with van der Waals surface area (Å²) in [6.45, 7) is 0. The van der Waals surface area contributed by atoms with Gasteiger partial charge < -0.3 is 4.74 Å². The Morgan fingerprint density at radius 2 is 1.94 bits per heavy atom. The number of rotatable bonds is 2. The lowest BCUT2D eigenvalue weighted by molar-refractivity contribution is 0.164. The van der Waals surface area contributed by atoms with Crippen LogP contribution in [0.4, 0.5) is 9.59 Å². The van der Waals surface area contributed by atoms with Gasteiger partial charge in [0.15, 0.2) is 0 Å². The molecule has 0 unspecified atom stereocenters. The van der Waals surface area contributed by atoms with Gasteiger partial charge in [-0.15, -0.1) is 0 Å². The van der Waals surface area contributed by atoms with Crippen LogP contribution in [0.25, 0.3) is 0 Å². The van der Waals surface area contributed by atoms with Crippen molar-refractivity contribution in [2.75, 3.05) is 13.3 Å². The van der Waals surface area contributed by atoms with E-state index < -0.39 is 12.1 Å². The van der Waals surface area contributed by atoms with Crippen LogP contribution in [0.1, 0.15) is 0 Å². The lowest BCUT2D eigenvalue weighted by Crippen LogP contribution is -2.39. The second kappa shape index (κ2) is 6.02. The van der Waals surface area contributed by atoms with Crippen molar-refractivity contribution in [1.82, 2.24) is 9.62 Å². The van der Waals surface area contributed by atoms with Crippen LogP contribution >= 0.6 is 11.9 Å². The summed E-state index contributed by atoms with van der Waals surface area (Å²) in [4.78, 5) is 23.6. The number of nitrogens with one attached hydrogen (secondary N) is 1. The number of urea groups is 1. The second-order valence-corrected chi connectivity index (χ2v) is 3.46. The number of hydrogen-bond acceptors (Lipinski definition) is 4. The number of amides is 3. The summed E-state index contributed by atoms with van der Waals surface area (Å²) in [5.41, 5.74) is 0. The van der Waals surface area contributed by atoms with Crippen LogP contribution in [0, 0.1) is 0 Å². The first-order valence-electron chi connectivity index (χ1n) is 4.48. The molecule has 5 nitrogen and oxygen atoms in total. The van der Waals surface area contributed by atoms with Gasteiger partial charge in [-0.05, 0) is 12.1 Å². The highest BCUT2D eigenvalue weighted by Gasteiger charge is 2.18. The number of imide groups is 1. The molecule has 16 heavy (non-hydrogen) atoms. The molecule has 0 aliphatic heterocycles. The first kappa shape index (κ1) is 12.4. The molecule has 0 saturated carbocycles. The Morgan fingerprint density at radius 1 is 1.31 bits per heavy atom. The highest BCUT2D eigenvalue weighted by atomic mass is 32.2. The van der Waals surface area contributed by atoms with Crippen LogP contribution in [0.3, 0.4) is 0 Å². The monoisotopic (exact) mass is 240 g/mol. The highest BCUT2D eigenvalue weighted by molar-refractivity contribution is 7.97. The van der Waals surface area contributed by atoms with E-state index in [1.54, 1.807) is 30.5 Å². The first-order chi connectivity index (χ1) is 7.65. The van der Waals surface area contributed by atoms with E-state index in [0.717, 1.165) is 16.8 Å². The Bertz CT molecular complexity index is 370. The average molecular weight is 240 g/mol. The Morgan fingerprint density at radius 3 is 2.50 bits per heavy atom. The first-order valence-corrected chi connectivity index (χ1v) is 5.71. The molecule has 0 aromatic heterocycles. The molecule has 0 heterocycles. The summed E-state index contributed by atoms with van der Waals surface area (Å²) in [5, 5.41) is 0. The fourth-order valence-electron chi connectivity index (χ4n) is 0.897. The normalized spacial score (nSPS) is 9.38. The minimum Gasteiger partial charge on any atom is -0.410 e. The third kappa shape index (κ3) is 3.47. The predicted molar refractivity (Wildman–Crippen MR) is 62.3 cm³/mol. The lowest BCUT2D eigenvalue weighted by atomic mass is 10.3. The fourth-order valence-corrected chi connectivity index (χ4v) is 1.21. The summed E-state index contributed by atoms with van der Waals surface area (Å²) in [6.07, 6.45) is 0.964. The van der Waals surface area contributed by atoms with Gasteiger partial charge in [0.1, 0.15) is 5.75 Å². The van der Waals surface area contributed by atoms with Crippen LogP contribution < -0.4 is 9.46 Å². The molecule has 0 aliphatic carbocycles. The van der Waals surface area contributed by atoms with Crippen LogP contribution in [0.15, 0.2) is 30.3 Å². The zero-order chi connectivity index (χ0) is 12.0. The summed E-state index contributed by atoms with van der Waals surface area (Å²) < 4.78 is 7.38. The van der Waals surface area contributed by atoms with Crippen molar-refractivity contribution in [3.8, 4) is 5.75 Å². The zero-order valence-corrected chi connectivity index (χ0v) is 9.78. The standard InChI is InChI=1S/C10H12N2O3S/c1-12(9(13)11-16-2)10(14)15-8-6-4-3-5-7-8/h3-7H,1-2H3,(H,11,13). The number of carbonyl (C=O) groups excluding carboxylic acids is 2. The SMILES string of the molecule is CSNC(=O)N(C)C(=O)Oc1ccccc1. The van der Waals surface area contributed by atoms with Crippen molar-refractivity contribution < 1.29 is 14.3 Å². The maximum atomic E-state index is 11.5. The Balaban J connectivity index is 2.56. The number of benzene rings is 1. The molecule has 0 atom stereocenters. The molecular weight excluding hydrogens is 228 g/mol. The minimum atomic E-state index is -0.724. The molecule has 0 radical (unpaired) electrons. The number of carbonyl (C=O) groups is 2. The second-order valence-electron chi connectivity index (χ2n) is 2.85. The van der Waals surface area contributed by atoms with Gasteiger partial charge in [0.25, 0.3) is 0 Å². The van der Waals surface area contributed by atoms with Gasteiger partial charge in [-0.1, -0.05) is 30.1 Å². The van der Waals surface area contributed by atoms with E-state index in [4.69, 9.17) is 4.74 Å². The quantitative estimate of drug-likeness (QED) is 0.804. The van der Waals surface area contributed by atoms with Crippen molar-refractivity contribution in [2.24, 2.45) is 0 Å². The smallest absolute Gasteiger partial charge is 0.410 e. The van der Waals surface area contributed by atoms with Crippen LogP contribution in [-0.2, 0) is 0 Å². The van der Waals surface area contributed by atoms with Crippen molar-refractivity contribution in [2.45, 2.75) is 0 Å². The zero-order valence-electron chi connectivity index (χ0n) is 8.97. The molecule has 3 amide bonds. The van der Waals surface area contributed by atoms with E-state index >= 15 is 0 Å². The number of ether oxygens (including phenoxy) is 1. The number of para-hydroxylation sites is 1. The predicted octanol–water partition coefficient (Wildman–Crippen LogP) is 2.10. The fraction of sp³-hybridized carbons (Fsp3) is 0.200. The molecule has 0 bridgehead atoms. The van der Waals surface area contributed by atoms with E-state index in [0.29, 0.717) is 5.75 Å². The third-order valence-electron chi connectivity index (χ3n) is 1.72. The average Bonchev–Trinajstić information content (AvgIpc) is 2.29. The topological polar surface area (TPSA) is 58.6 Å². The lowest BCUT2D eigenvalue weighted by Gasteiger charge is -2.14. The van der Waals surface area contributed by atoms with E-state index in [2.05, 4.69) is 4.72 Å². The van der Waals surface area contributed by atoms with E-state index in [1.165, 1.54) is 7.05 Å².